The molecule has 4 aromatic carbocycles. The van der Waals surface area contributed by atoms with Gasteiger partial charge in [0.25, 0.3) is 0 Å². The molecule has 0 aliphatic carbocycles. The number of aliphatic hydroxyl groups is 1. The minimum absolute atomic E-state index is 0. The van der Waals surface area contributed by atoms with E-state index in [1.807, 2.05) is 36.5 Å². The van der Waals surface area contributed by atoms with Crippen LogP contribution in [0.5, 0.6) is 0 Å². The van der Waals surface area contributed by atoms with Crippen molar-refractivity contribution in [2.75, 3.05) is 0 Å². The van der Waals surface area contributed by atoms with Gasteiger partial charge in [-0.15, -0.1) is 29.1 Å². The van der Waals surface area contributed by atoms with Crippen molar-refractivity contribution in [1.82, 2.24) is 9.97 Å². The van der Waals surface area contributed by atoms with Crippen LogP contribution in [0.2, 0.25) is 0 Å². The number of fused-ring (bicyclic) bond motifs is 4. The van der Waals surface area contributed by atoms with Crippen LogP contribution in [0.15, 0.2) is 90.8 Å². The van der Waals surface area contributed by atoms with E-state index in [1.165, 1.54) is 27.6 Å². The topological polar surface area (TPSA) is 63.1 Å². The molecular weight excluding hydrogens is 601 g/mol. The summed E-state index contributed by atoms with van der Waals surface area (Å²) in [6.07, 6.45) is 4.19. The minimum Gasteiger partial charge on any atom is -0.512 e. The van der Waals surface area contributed by atoms with E-state index in [-0.39, 0.29) is 31.6 Å². The number of nitrogens with zero attached hydrogens (tertiary/aromatic N) is 2. The number of ketones is 1. The maximum Gasteiger partial charge on any atom is 0.158 e. The van der Waals surface area contributed by atoms with Crippen molar-refractivity contribution in [2.45, 2.75) is 26.7 Å². The smallest absolute Gasteiger partial charge is 0.158 e. The van der Waals surface area contributed by atoms with E-state index < -0.39 is 0 Å². The maximum absolute atomic E-state index is 10.5. The number of benzene rings is 4. The summed E-state index contributed by atoms with van der Waals surface area (Å²) in [7, 11) is 0. The minimum atomic E-state index is -0.0191. The van der Waals surface area contributed by atoms with Crippen LogP contribution in [0.25, 0.3) is 43.8 Å². The number of carbonyl (C=O) groups excluding carboxylic acids is 1. The predicted octanol–water partition coefficient (Wildman–Crippen LogP) is 7.22. The van der Waals surface area contributed by atoms with Gasteiger partial charge in [0, 0.05) is 50.6 Å². The summed E-state index contributed by atoms with van der Waals surface area (Å²) in [6, 6.07) is 28.2. The van der Waals surface area contributed by atoms with E-state index in [0.717, 1.165) is 16.5 Å². The van der Waals surface area contributed by atoms with E-state index in [2.05, 4.69) is 53.5 Å². The number of rotatable bonds is 4. The second kappa shape index (κ2) is 11.6. The number of hydrogen-bond acceptors (Lipinski definition) is 4. The fraction of sp³-hybridized carbons (Fsp3) is 0.138. The van der Waals surface area contributed by atoms with Gasteiger partial charge in [0.1, 0.15) is 0 Å². The third-order valence-corrected chi connectivity index (χ3v) is 5.45. The van der Waals surface area contributed by atoms with Crippen molar-refractivity contribution in [2.24, 2.45) is 0 Å². The fourth-order valence-electron chi connectivity index (χ4n) is 3.56. The van der Waals surface area contributed by atoms with Crippen LogP contribution in [0.1, 0.15) is 26.7 Å². The molecule has 0 aliphatic heterocycles. The zero-order chi connectivity index (χ0) is 23.2. The Balaban J connectivity index is 0.000000281. The van der Waals surface area contributed by atoms with Crippen molar-refractivity contribution in [3.8, 4) is 11.4 Å². The van der Waals surface area contributed by atoms with Crippen LogP contribution >= 0.6 is 0 Å². The van der Waals surface area contributed by atoms with Crippen molar-refractivity contribution in [1.29, 1.82) is 0 Å². The van der Waals surface area contributed by atoms with Crippen LogP contribution in [-0.4, -0.2) is 20.9 Å². The molecule has 0 bridgehead atoms. The zero-order valence-corrected chi connectivity index (χ0v) is 21.5. The number of allylic oxidation sites excluding steroid dienone is 2. The van der Waals surface area contributed by atoms with E-state index in [0.29, 0.717) is 18.7 Å². The number of aromatic nitrogens is 2. The fourth-order valence-corrected chi connectivity index (χ4v) is 3.56. The summed E-state index contributed by atoms with van der Waals surface area (Å²) in [4.78, 5) is 19.9. The monoisotopic (exact) mass is 626 g/mol. The Morgan fingerprint density at radius 3 is 2.35 bits per heavy atom. The van der Waals surface area contributed by atoms with Gasteiger partial charge in [0.2, 0.25) is 0 Å². The molecule has 0 fully saturated rings. The Bertz CT molecular complexity index is 1480. The molecule has 0 amide bonds. The Labute approximate surface area is 212 Å². The second-order valence-corrected chi connectivity index (χ2v) is 7.70. The molecule has 0 atom stereocenters. The number of carbonyl (C=O) groups is 1. The summed E-state index contributed by atoms with van der Waals surface area (Å²) in [5, 5.41) is 14.6. The summed E-state index contributed by atoms with van der Waals surface area (Å²) in [6.45, 7) is 3.57. The van der Waals surface area contributed by atoms with Crippen molar-refractivity contribution >= 4 is 38.2 Å². The van der Waals surface area contributed by atoms with Gasteiger partial charge < -0.3 is 5.11 Å². The Morgan fingerprint density at radius 2 is 1.62 bits per heavy atom. The standard InChI is InChI=1S/C22H13N2.C7H12O2.Ir/c1-2-7-17-13-18(10-9-15(17)5-1)22-23-14-20-19-8-4-3-6-16(19)11-12-21(20)24-22;1-3-6(8)5-7(9)4-2;/h1-9,11-14H;5,8H,3-4H2,1-2H3;/q-1;;/b;6-5-;. The summed E-state index contributed by atoms with van der Waals surface area (Å²) in [5.41, 5.74) is 1.88. The van der Waals surface area contributed by atoms with Gasteiger partial charge in [-0.1, -0.05) is 73.8 Å². The van der Waals surface area contributed by atoms with Gasteiger partial charge in [0.15, 0.2) is 5.78 Å². The molecule has 5 heteroatoms. The second-order valence-electron chi connectivity index (χ2n) is 7.70. The van der Waals surface area contributed by atoms with E-state index >= 15 is 0 Å². The molecule has 173 valence electrons. The predicted molar refractivity (Wildman–Crippen MR) is 135 cm³/mol. The Kier molecular flexibility index (Phi) is 8.64. The Morgan fingerprint density at radius 1 is 0.912 bits per heavy atom. The number of aliphatic hydroxyl groups excluding tert-OH is 1. The molecule has 0 saturated heterocycles. The molecule has 34 heavy (non-hydrogen) atoms. The molecule has 1 N–H and O–H groups in total. The molecule has 0 aliphatic rings. The average Bonchev–Trinajstić information content (AvgIpc) is 2.88. The average molecular weight is 626 g/mol. The Hall–Kier alpha value is -3.40. The first-order valence-electron chi connectivity index (χ1n) is 11.1. The molecular formula is C29H25IrN2O2-. The molecule has 0 unspecified atom stereocenters. The van der Waals surface area contributed by atoms with Crippen molar-refractivity contribution in [3.05, 3.63) is 96.9 Å². The van der Waals surface area contributed by atoms with E-state index in [1.54, 1.807) is 13.8 Å². The molecule has 4 nitrogen and oxygen atoms in total. The summed E-state index contributed by atoms with van der Waals surface area (Å²) >= 11 is 0. The van der Waals surface area contributed by atoms with Crippen molar-refractivity contribution < 1.29 is 30.0 Å². The van der Waals surface area contributed by atoms with E-state index in [9.17, 15) is 4.79 Å². The van der Waals surface area contributed by atoms with Crippen molar-refractivity contribution in [3.63, 3.8) is 0 Å². The van der Waals surface area contributed by atoms with Gasteiger partial charge in [-0.2, -0.15) is 0 Å². The van der Waals surface area contributed by atoms with Gasteiger partial charge in [-0.05, 0) is 16.8 Å². The third-order valence-electron chi connectivity index (χ3n) is 5.45. The summed E-state index contributed by atoms with van der Waals surface area (Å²) < 4.78 is 0. The zero-order valence-electron chi connectivity index (χ0n) is 19.1. The first kappa shape index (κ1) is 25.2. The third kappa shape index (κ3) is 5.74. The van der Waals surface area contributed by atoms with Gasteiger partial charge in [-0.3, -0.25) is 14.8 Å². The maximum atomic E-state index is 10.5. The summed E-state index contributed by atoms with van der Waals surface area (Å²) in [5.74, 6) is 0.861. The van der Waals surface area contributed by atoms with Crippen LogP contribution in [-0.2, 0) is 24.9 Å². The molecule has 1 radical (unpaired) electrons. The van der Waals surface area contributed by atoms with Gasteiger partial charge in [-0.25, -0.2) is 0 Å². The number of hydrogen-bond donors (Lipinski definition) is 1. The quantitative estimate of drug-likeness (QED) is 0.0992. The van der Waals surface area contributed by atoms with Gasteiger partial charge in [0.05, 0.1) is 17.1 Å². The largest absolute Gasteiger partial charge is 0.512 e. The van der Waals surface area contributed by atoms with Crippen LogP contribution in [0, 0.1) is 6.07 Å². The molecule has 5 rings (SSSR count). The van der Waals surface area contributed by atoms with E-state index in [4.69, 9.17) is 10.1 Å². The first-order chi connectivity index (χ1) is 16.1. The van der Waals surface area contributed by atoms with Crippen LogP contribution in [0.4, 0.5) is 0 Å². The van der Waals surface area contributed by atoms with Crippen LogP contribution < -0.4 is 0 Å². The SMILES string of the molecule is CCC(=O)/C=C(\O)CC.[Ir].[c-]1cc2ccccc2cc1-c1ncc2c(ccc3ccccc32)n1. The normalized spacial score (nSPS) is 11.1. The molecule has 5 aromatic rings. The first-order valence-corrected chi connectivity index (χ1v) is 11.1. The van der Waals surface area contributed by atoms with Crippen LogP contribution in [0.3, 0.4) is 0 Å². The molecule has 0 spiro atoms. The molecule has 1 aromatic heterocycles. The molecule has 1 heterocycles. The molecule has 0 saturated carbocycles. The van der Waals surface area contributed by atoms with Gasteiger partial charge >= 0.3 is 0 Å².